The average Bonchev–Trinajstić information content (AvgIpc) is 3.27. The Kier molecular flexibility index (Phi) is 41.6. The van der Waals surface area contributed by atoms with Crippen molar-refractivity contribution in [1.82, 2.24) is 0 Å². The van der Waals surface area contributed by atoms with E-state index in [-0.39, 0.29) is 19.2 Å². The maximum Gasteiger partial charge on any atom is 0.306 e. The zero-order valence-corrected chi connectivity index (χ0v) is 39.9. The summed E-state index contributed by atoms with van der Waals surface area (Å²) >= 11 is 0. The molecule has 0 aliphatic carbocycles. The third kappa shape index (κ3) is 34.5. The molecule has 1 aliphatic rings. The van der Waals surface area contributed by atoms with Gasteiger partial charge in [-0.1, -0.05) is 210 Å². The molecule has 9 heteroatoms. The first-order chi connectivity index (χ1) is 30.4. The highest BCUT2D eigenvalue weighted by molar-refractivity contribution is 5.69. The SMILES string of the molecule is CC/C=C\C/C=C\C/C=C\C/C=C\CCCCCCCOCC(COC1OC(CO)C(O)C(O)C1O)OC(=O)CCCCCCCCCCCCCCCCCCCCCCC. The predicted octanol–water partition coefficient (Wildman–Crippen LogP) is 12.5. The Labute approximate surface area is 380 Å². The lowest BCUT2D eigenvalue weighted by Crippen LogP contribution is -2.59. The molecule has 0 spiro atoms. The predicted molar refractivity (Wildman–Crippen MR) is 256 cm³/mol. The number of esters is 1. The van der Waals surface area contributed by atoms with E-state index in [1.807, 2.05) is 0 Å². The molecule has 62 heavy (non-hydrogen) atoms. The molecule has 0 radical (unpaired) electrons. The van der Waals surface area contributed by atoms with E-state index in [1.165, 1.54) is 128 Å². The molecule has 4 N–H and O–H groups in total. The van der Waals surface area contributed by atoms with Crippen molar-refractivity contribution in [1.29, 1.82) is 0 Å². The number of allylic oxidation sites excluding steroid dienone is 8. The lowest BCUT2D eigenvalue weighted by Gasteiger charge is -2.39. The van der Waals surface area contributed by atoms with Gasteiger partial charge in [-0.05, 0) is 51.4 Å². The number of rotatable bonds is 44. The first-order valence-electron chi connectivity index (χ1n) is 25.7. The summed E-state index contributed by atoms with van der Waals surface area (Å²) in [6.45, 7) is 4.43. The van der Waals surface area contributed by atoms with Gasteiger partial charge < -0.3 is 39.4 Å². The molecule has 6 unspecified atom stereocenters. The molecule has 1 aliphatic heterocycles. The van der Waals surface area contributed by atoms with E-state index in [9.17, 15) is 25.2 Å². The number of hydrogen-bond donors (Lipinski definition) is 4. The van der Waals surface area contributed by atoms with Crippen LogP contribution in [-0.4, -0.2) is 89.6 Å². The Hall–Kier alpha value is -1.85. The van der Waals surface area contributed by atoms with Crippen LogP contribution in [0, 0.1) is 0 Å². The third-order valence-corrected chi connectivity index (χ3v) is 11.8. The van der Waals surface area contributed by atoms with Gasteiger partial charge in [-0.15, -0.1) is 0 Å². The standard InChI is InChI=1S/C53H96O9/c1-3-5-7-9-11-13-15-17-19-21-23-24-25-26-28-30-32-34-36-38-40-42-49(55)61-47(46-60-53-52(58)51(57)50(56)48(44-54)62-53)45-59-43-41-39-37-35-33-31-29-27-22-20-18-16-14-12-10-8-6-4-2/h6,8,12,14,18,20,27,29,47-48,50-54,56-58H,3-5,7,9-11,13,15-17,19,21-26,28,30-46H2,1-2H3/b8-6-,14-12-,20-18-,29-27-. The molecule has 6 atom stereocenters. The number of carbonyl (C=O) groups is 1. The highest BCUT2D eigenvalue weighted by Crippen LogP contribution is 2.23. The third-order valence-electron chi connectivity index (χ3n) is 11.8. The average molecular weight is 877 g/mol. The molecule has 362 valence electrons. The van der Waals surface area contributed by atoms with Crippen molar-refractivity contribution in [3.8, 4) is 0 Å². The second kappa shape index (κ2) is 44.4. The van der Waals surface area contributed by atoms with Gasteiger partial charge in [0.2, 0.25) is 0 Å². The van der Waals surface area contributed by atoms with Gasteiger partial charge >= 0.3 is 5.97 Å². The maximum absolute atomic E-state index is 12.8. The maximum atomic E-state index is 12.8. The molecular weight excluding hydrogens is 781 g/mol. The van der Waals surface area contributed by atoms with E-state index >= 15 is 0 Å². The fraction of sp³-hybridized carbons (Fsp3) is 0.830. The van der Waals surface area contributed by atoms with Gasteiger partial charge in [0, 0.05) is 13.0 Å². The lowest BCUT2D eigenvalue weighted by molar-refractivity contribution is -0.305. The minimum Gasteiger partial charge on any atom is -0.457 e. The second-order valence-electron chi connectivity index (χ2n) is 17.6. The molecular formula is C53H96O9. The van der Waals surface area contributed by atoms with Crippen LogP contribution in [0.2, 0.25) is 0 Å². The first-order valence-corrected chi connectivity index (χ1v) is 25.7. The van der Waals surface area contributed by atoms with Gasteiger partial charge in [0.15, 0.2) is 6.29 Å². The Morgan fingerprint density at radius 2 is 0.984 bits per heavy atom. The van der Waals surface area contributed by atoms with Crippen LogP contribution in [0.3, 0.4) is 0 Å². The van der Waals surface area contributed by atoms with Crippen LogP contribution in [0.5, 0.6) is 0 Å². The van der Waals surface area contributed by atoms with Crippen molar-refractivity contribution in [2.24, 2.45) is 0 Å². The molecule has 1 saturated heterocycles. The Morgan fingerprint density at radius 3 is 1.48 bits per heavy atom. The smallest absolute Gasteiger partial charge is 0.306 e. The van der Waals surface area contributed by atoms with Crippen molar-refractivity contribution >= 4 is 5.97 Å². The van der Waals surface area contributed by atoms with Crippen LogP contribution in [0.25, 0.3) is 0 Å². The topological polar surface area (TPSA) is 135 Å². The van der Waals surface area contributed by atoms with E-state index in [1.54, 1.807) is 0 Å². The highest BCUT2D eigenvalue weighted by Gasteiger charge is 2.44. The van der Waals surface area contributed by atoms with Gasteiger partial charge in [0.25, 0.3) is 0 Å². The van der Waals surface area contributed by atoms with Gasteiger partial charge in [-0.2, -0.15) is 0 Å². The number of ether oxygens (including phenoxy) is 4. The molecule has 9 nitrogen and oxygen atoms in total. The fourth-order valence-electron chi connectivity index (χ4n) is 7.78. The molecule has 0 amide bonds. The summed E-state index contributed by atoms with van der Waals surface area (Å²) in [7, 11) is 0. The normalized spacial score (nSPS) is 20.1. The van der Waals surface area contributed by atoms with E-state index in [2.05, 4.69) is 62.5 Å². The molecule has 1 fully saturated rings. The van der Waals surface area contributed by atoms with E-state index in [4.69, 9.17) is 18.9 Å². The number of hydrogen-bond acceptors (Lipinski definition) is 9. The summed E-state index contributed by atoms with van der Waals surface area (Å²) in [6, 6.07) is 0. The molecule has 0 bridgehead atoms. The zero-order chi connectivity index (χ0) is 45.0. The first kappa shape index (κ1) is 58.2. The molecule has 0 aromatic rings. The minimum absolute atomic E-state index is 0.120. The largest absolute Gasteiger partial charge is 0.457 e. The number of aliphatic hydroxyl groups is 4. The quantitative estimate of drug-likeness (QED) is 0.0268. The van der Waals surface area contributed by atoms with Crippen molar-refractivity contribution in [3.63, 3.8) is 0 Å². The number of aliphatic hydroxyl groups excluding tert-OH is 4. The Morgan fingerprint density at radius 1 is 0.532 bits per heavy atom. The van der Waals surface area contributed by atoms with Crippen molar-refractivity contribution in [3.05, 3.63) is 48.6 Å². The summed E-state index contributed by atoms with van der Waals surface area (Å²) in [5, 5.41) is 40.2. The summed E-state index contributed by atoms with van der Waals surface area (Å²) in [5.41, 5.74) is 0. The molecule has 1 heterocycles. The van der Waals surface area contributed by atoms with Crippen molar-refractivity contribution < 1.29 is 44.2 Å². The van der Waals surface area contributed by atoms with Gasteiger partial charge in [-0.3, -0.25) is 4.79 Å². The van der Waals surface area contributed by atoms with Gasteiger partial charge in [0.05, 0.1) is 19.8 Å². The summed E-state index contributed by atoms with van der Waals surface area (Å²) < 4.78 is 22.9. The summed E-state index contributed by atoms with van der Waals surface area (Å²) in [5.74, 6) is -0.318. The van der Waals surface area contributed by atoms with Crippen LogP contribution in [0.4, 0.5) is 0 Å². The fourth-order valence-corrected chi connectivity index (χ4v) is 7.78. The zero-order valence-electron chi connectivity index (χ0n) is 39.9. The van der Waals surface area contributed by atoms with E-state index in [0.29, 0.717) is 13.0 Å². The van der Waals surface area contributed by atoms with Crippen LogP contribution >= 0.6 is 0 Å². The minimum atomic E-state index is -1.54. The van der Waals surface area contributed by atoms with Gasteiger partial charge in [-0.25, -0.2) is 0 Å². The number of carbonyl (C=O) groups excluding carboxylic acids is 1. The van der Waals surface area contributed by atoms with E-state index in [0.717, 1.165) is 70.6 Å². The Bertz CT molecular complexity index is 1090. The van der Waals surface area contributed by atoms with Crippen molar-refractivity contribution in [2.45, 2.75) is 256 Å². The summed E-state index contributed by atoms with van der Waals surface area (Å²) in [4.78, 5) is 12.8. The van der Waals surface area contributed by atoms with Gasteiger partial charge in [0.1, 0.15) is 30.5 Å². The molecule has 0 aromatic heterocycles. The molecule has 0 aromatic carbocycles. The lowest BCUT2D eigenvalue weighted by atomic mass is 9.99. The molecule has 1 rings (SSSR count). The monoisotopic (exact) mass is 877 g/mol. The highest BCUT2D eigenvalue weighted by atomic mass is 16.7. The second-order valence-corrected chi connectivity index (χ2v) is 17.6. The van der Waals surface area contributed by atoms with E-state index < -0.39 is 43.4 Å². The van der Waals surface area contributed by atoms with Crippen LogP contribution in [0.15, 0.2) is 48.6 Å². The summed E-state index contributed by atoms with van der Waals surface area (Å²) in [6.07, 6.45) is 48.6. The molecule has 0 saturated carbocycles. The number of unbranched alkanes of at least 4 members (excludes halogenated alkanes) is 25. The van der Waals surface area contributed by atoms with Crippen LogP contribution in [0.1, 0.15) is 219 Å². The van der Waals surface area contributed by atoms with Crippen LogP contribution < -0.4 is 0 Å². The Balaban J connectivity index is 2.21. The van der Waals surface area contributed by atoms with Crippen LogP contribution in [-0.2, 0) is 23.7 Å². The van der Waals surface area contributed by atoms with Crippen molar-refractivity contribution in [2.75, 3.05) is 26.4 Å².